The molecule has 2 aliphatic heterocycles. The highest BCUT2D eigenvalue weighted by molar-refractivity contribution is 7.17. The number of benzene rings is 1. The molecular weight excluding hydrogens is 388 g/mol. The van der Waals surface area contributed by atoms with Gasteiger partial charge in [-0.1, -0.05) is 13.8 Å². The summed E-state index contributed by atoms with van der Waals surface area (Å²) in [7, 11) is 0. The Bertz CT molecular complexity index is 851. The minimum Gasteiger partial charge on any atom is -0.486 e. The number of fused-ring (bicyclic) bond motifs is 1. The first-order valence-corrected chi connectivity index (χ1v) is 11.0. The Morgan fingerprint density at radius 2 is 2.00 bits per heavy atom. The van der Waals surface area contributed by atoms with Gasteiger partial charge in [0.25, 0.3) is 5.91 Å². The van der Waals surface area contributed by atoms with Gasteiger partial charge in [0, 0.05) is 31.1 Å². The second kappa shape index (κ2) is 9.15. The Morgan fingerprint density at radius 3 is 2.83 bits per heavy atom. The van der Waals surface area contributed by atoms with E-state index in [0.29, 0.717) is 30.6 Å². The third-order valence-electron chi connectivity index (χ3n) is 4.99. The van der Waals surface area contributed by atoms with Crippen LogP contribution in [-0.2, 0) is 4.74 Å². The van der Waals surface area contributed by atoms with Gasteiger partial charge in [0.05, 0.1) is 17.6 Å². The Hall–Kier alpha value is -2.09. The van der Waals surface area contributed by atoms with E-state index >= 15 is 0 Å². The Labute approximate surface area is 175 Å². The summed E-state index contributed by atoms with van der Waals surface area (Å²) >= 11 is 1.48. The fourth-order valence-corrected chi connectivity index (χ4v) is 4.61. The lowest BCUT2D eigenvalue weighted by Crippen LogP contribution is -2.48. The van der Waals surface area contributed by atoms with Crippen molar-refractivity contribution in [2.45, 2.75) is 20.0 Å². The number of hydrogen-bond acceptors (Lipinski definition) is 6. The Balaban J connectivity index is 1.34. The maximum atomic E-state index is 12.6. The topological polar surface area (TPSA) is 60.0 Å². The molecule has 3 heterocycles. The summed E-state index contributed by atoms with van der Waals surface area (Å²) in [5.74, 6) is 2.11. The van der Waals surface area contributed by atoms with E-state index < -0.39 is 0 Å². The predicted molar refractivity (Wildman–Crippen MR) is 114 cm³/mol. The third-order valence-corrected chi connectivity index (χ3v) is 6.13. The van der Waals surface area contributed by atoms with Crippen molar-refractivity contribution in [2.24, 2.45) is 5.92 Å². The zero-order valence-electron chi connectivity index (χ0n) is 17.0. The molecule has 0 radical (unpaired) electrons. The van der Waals surface area contributed by atoms with Gasteiger partial charge in [0.15, 0.2) is 11.5 Å². The van der Waals surface area contributed by atoms with Crippen LogP contribution in [0.1, 0.15) is 23.5 Å². The number of nitrogens with zero attached hydrogens (tertiary/aromatic N) is 1. The molecule has 0 bridgehead atoms. The summed E-state index contributed by atoms with van der Waals surface area (Å²) in [4.78, 5) is 16.8. The van der Waals surface area contributed by atoms with Crippen LogP contribution in [0.25, 0.3) is 10.4 Å². The quantitative estimate of drug-likeness (QED) is 0.783. The fourth-order valence-electron chi connectivity index (χ4n) is 3.69. The minimum atomic E-state index is -0.0524. The lowest BCUT2D eigenvalue weighted by Gasteiger charge is -2.33. The molecule has 1 N–H and O–H groups in total. The van der Waals surface area contributed by atoms with Crippen molar-refractivity contribution in [3.05, 3.63) is 35.2 Å². The molecule has 0 saturated carbocycles. The molecule has 1 aromatic carbocycles. The van der Waals surface area contributed by atoms with Gasteiger partial charge in [-0.25, -0.2) is 0 Å². The van der Waals surface area contributed by atoms with Gasteiger partial charge in [0.2, 0.25) is 0 Å². The van der Waals surface area contributed by atoms with Crippen LogP contribution >= 0.6 is 11.3 Å². The van der Waals surface area contributed by atoms with Crippen LogP contribution < -0.4 is 14.8 Å². The molecule has 2 aliphatic rings. The van der Waals surface area contributed by atoms with Gasteiger partial charge in [-0.2, -0.15) is 0 Å². The molecule has 1 aromatic heterocycles. The van der Waals surface area contributed by atoms with Crippen molar-refractivity contribution in [2.75, 3.05) is 46.0 Å². The third kappa shape index (κ3) is 5.10. The highest BCUT2D eigenvalue weighted by Crippen LogP contribution is 2.36. The van der Waals surface area contributed by atoms with Crippen LogP contribution in [0.3, 0.4) is 0 Å². The predicted octanol–water partition coefficient (Wildman–Crippen LogP) is 3.27. The molecule has 6 nitrogen and oxygen atoms in total. The van der Waals surface area contributed by atoms with E-state index in [4.69, 9.17) is 14.2 Å². The standard InChI is InChI=1S/C22H28N2O4S/c1-15(2)13-24-7-8-26-17(14-24)12-23-22(25)21-6-5-20(29-21)16-3-4-18-19(11-16)28-10-9-27-18/h3-6,11,15,17H,7-10,12-14H2,1-2H3,(H,23,25). The molecule has 1 saturated heterocycles. The monoisotopic (exact) mass is 416 g/mol. The number of morpholine rings is 1. The molecular formula is C22H28N2O4S. The highest BCUT2D eigenvalue weighted by atomic mass is 32.1. The highest BCUT2D eigenvalue weighted by Gasteiger charge is 2.22. The number of carbonyl (C=O) groups is 1. The van der Waals surface area contributed by atoms with E-state index in [1.54, 1.807) is 0 Å². The molecule has 1 unspecified atom stereocenters. The van der Waals surface area contributed by atoms with E-state index in [1.165, 1.54) is 11.3 Å². The second-order valence-corrected chi connectivity index (χ2v) is 8.96. The zero-order chi connectivity index (χ0) is 20.2. The van der Waals surface area contributed by atoms with Crippen LogP contribution in [-0.4, -0.2) is 62.9 Å². The first kappa shape index (κ1) is 20.2. The lowest BCUT2D eigenvalue weighted by atomic mass is 10.1. The molecule has 0 spiro atoms. The van der Waals surface area contributed by atoms with Gasteiger partial charge in [0.1, 0.15) is 13.2 Å². The number of thiophene rings is 1. The number of carbonyl (C=O) groups excluding carboxylic acids is 1. The number of amides is 1. The van der Waals surface area contributed by atoms with Crippen molar-refractivity contribution >= 4 is 17.2 Å². The van der Waals surface area contributed by atoms with Gasteiger partial charge in [-0.3, -0.25) is 9.69 Å². The average molecular weight is 417 g/mol. The van der Waals surface area contributed by atoms with Crippen molar-refractivity contribution in [3.8, 4) is 21.9 Å². The van der Waals surface area contributed by atoms with E-state index in [-0.39, 0.29) is 12.0 Å². The Morgan fingerprint density at radius 1 is 1.17 bits per heavy atom. The van der Waals surface area contributed by atoms with Gasteiger partial charge in [-0.05, 0) is 41.8 Å². The minimum absolute atomic E-state index is 0.0451. The zero-order valence-corrected chi connectivity index (χ0v) is 17.8. The number of nitrogens with one attached hydrogen (secondary N) is 1. The first-order chi connectivity index (χ1) is 14.1. The summed E-state index contributed by atoms with van der Waals surface area (Å²) < 4.78 is 17.1. The molecule has 4 rings (SSSR count). The van der Waals surface area contributed by atoms with Gasteiger partial charge >= 0.3 is 0 Å². The van der Waals surface area contributed by atoms with Gasteiger partial charge in [-0.15, -0.1) is 11.3 Å². The van der Waals surface area contributed by atoms with Gasteiger partial charge < -0.3 is 19.5 Å². The molecule has 0 aliphatic carbocycles. The van der Waals surface area contributed by atoms with E-state index in [1.807, 2.05) is 30.3 Å². The normalized spacial score (nSPS) is 19.3. The molecule has 29 heavy (non-hydrogen) atoms. The van der Waals surface area contributed by atoms with Crippen LogP contribution in [0, 0.1) is 5.92 Å². The van der Waals surface area contributed by atoms with E-state index in [2.05, 4.69) is 24.1 Å². The summed E-state index contributed by atoms with van der Waals surface area (Å²) in [5.41, 5.74) is 1.03. The first-order valence-electron chi connectivity index (χ1n) is 10.2. The SMILES string of the molecule is CC(C)CN1CCOC(CNC(=O)c2ccc(-c3ccc4c(c3)OCCO4)s2)C1. The lowest BCUT2D eigenvalue weighted by molar-refractivity contribution is -0.0295. The number of rotatable bonds is 6. The maximum Gasteiger partial charge on any atom is 0.261 e. The molecule has 1 amide bonds. The molecule has 156 valence electrons. The van der Waals surface area contributed by atoms with Crippen LogP contribution in [0.2, 0.25) is 0 Å². The smallest absolute Gasteiger partial charge is 0.261 e. The van der Waals surface area contributed by atoms with Crippen LogP contribution in [0.4, 0.5) is 0 Å². The fraction of sp³-hybridized carbons (Fsp3) is 0.500. The van der Waals surface area contributed by atoms with Crippen LogP contribution in [0.5, 0.6) is 11.5 Å². The second-order valence-electron chi connectivity index (χ2n) is 7.88. The van der Waals surface area contributed by atoms with E-state index in [9.17, 15) is 4.79 Å². The van der Waals surface area contributed by atoms with Crippen molar-refractivity contribution in [1.29, 1.82) is 0 Å². The van der Waals surface area contributed by atoms with Crippen LogP contribution in [0.15, 0.2) is 30.3 Å². The molecule has 7 heteroatoms. The maximum absolute atomic E-state index is 12.6. The van der Waals surface area contributed by atoms with E-state index in [0.717, 1.165) is 48.2 Å². The average Bonchev–Trinajstić information content (AvgIpc) is 3.22. The summed E-state index contributed by atoms with van der Waals surface area (Å²) in [6.07, 6.45) is 0.0451. The van der Waals surface area contributed by atoms with Crippen molar-refractivity contribution in [3.63, 3.8) is 0 Å². The summed E-state index contributed by atoms with van der Waals surface area (Å²) in [5, 5.41) is 3.03. The molecule has 2 aromatic rings. The number of ether oxygens (including phenoxy) is 3. The summed E-state index contributed by atoms with van der Waals surface area (Å²) in [6, 6.07) is 9.75. The summed E-state index contributed by atoms with van der Waals surface area (Å²) in [6.45, 7) is 9.74. The number of hydrogen-bond donors (Lipinski definition) is 1. The largest absolute Gasteiger partial charge is 0.486 e. The Kier molecular flexibility index (Phi) is 6.37. The molecule has 1 atom stereocenters. The van der Waals surface area contributed by atoms with Crippen molar-refractivity contribution in [1.82, 2.24) is 10.2 Å². The molecule has 1 fully saturated rings. The van der Waals surface area contributed by atoms with Crippen molar-refractivity contribution < 1.29 is 19.0 Å².